The van der Waals surface area contributed by atoms with Gasteiger partial charge in [0.2, 0.25) is 0 Å². The number of ether oxygens (including phenoxy) is 5. The van der Waals surface area contributed by atoms with E-state index in [4.69, 9.17) is 23.7 Å². The SMILES string of the molecule is CCOc1ccc(CC)cc1C=CC(=O)c1c(OCC)c(OCC)cc(OCC)c1OCC. The smallest absolute Gasteiger partial charge is 0.193 e. The van der Waals surface area contributed by atoms with Gasteiger partial charge in [0, 0.05) is 11.6 Å². The molecular weight excluding hydrogens is 420 g/mol. The fourth-order valence-corrected chi connectivity index (χ4v) is 3.41. The van der Waals surface area contributed by atoms with Crippen LogP contribution in [-0.4, -0.2) is 38.8 Å². The van der Waals surface area contributed by atoms with Gasteiger partial charge in [0.15, 0.2) is 28.8 Å². The molecule has 0 aliphatic rings. The molecule has 6 heteroatoms. The topological polar surface area (TPSA) is 63.2 Å². The van der Waals surface area contributed by atoms with Gasteiger partial charge in [0.05, 0.1) is 33.0 Å². The fourth-order valence-electron chi connectivity index (χ4n) is 3.41. The summed E-state index contributed by atoms with van der Waals surface area (Å²) >= 11 is 0. The molecule has 0 atom stereocenters. The number of aryl methyl sites for hydroxylation is 1. The average Bonchev–Trinajstić information content (AvgIpc) is 2.81. The number of benzene rings is 2. The van der Waals surface area contributed by atoms with Crippen LogP contribution >= 0.6 is 0 Å². The lowest BCUT2D eigenvalue weighted by molar-refractivity contribution is 0.103. The Morgan fingerprint density at radius 1 is 0.697 bits per heavy atom. The highest BCUT2D eigenvalue weighted by Gasteiger charge is 2.26. The minimum absolute atomic E-state index is 0.270. The van der Waals surface area contributed by atoms with E-state index in [0.29, 0.717) is 56.0 Å². The Labute approximate surface area is 197 Å². The van der Waals surface area contributed by atoms with Crippen LogP contribution < -0.4 is 23.7 Å². The van der Waals surface area contributed by atoms with E-state index >= 15 is 0 Å². The molecule has 0 spiro atoms. The van der Waals surface area contributed by atoms with Crippen LogP contribution in [0, 0.1) is 0 Å². The highest BCUT2D eigenvalue weighted by molar-refractivity contribution is 6.11. The second-order valence-electron chi connectivity index (χ2n) is 6.99. The summed E-state index contributed by atoms with van der Waals surface area (Å²) in [4.78, 5) is 13.5. The Morgan fingerprint density at radius 3 is 1.70 bits per heavy atom. The van der Waals surface area contributed by atoms with Crippen LogP contribution in [0.25, 0.3) is 6.08 Å². The van der Waals surface area contributed by atoms with Gasteiger partial charge in [-0.05, 0) is 70.9 Å². The molecule has 0 saturated heterocycles. The van der Waals surface area contributed by atoms with Crippen molar-refractivity contribution in [3.05, 3.63) is 47.0 Å². The Morgan fingerprint density at radius 2 is 1.21 bits per heavy atom. The maximum Gasteiger partial charge on any atom is 0.193 e. The monoisotopic (exact) mass is 456 g/mol. The third-order valence-electron chi connectivity index (χ3n) is 4.78. The Hall–Kier alpha value is -3.15. The maximum atomic E-state index is 13.5. The molecule has 2 aromatic carbocycles. The Kier molecular flexibility index (Phi) is 10.6. The first-order chi connectivity index (χ1) is 16.0. The van der Waals surface area contributed by atoms with E-state index < -0.39 is 0 Å². The molecule has 0 radical (unpaired) electrons. The van der Waals surface area contributed by atoms with Crippen LogP contribution in [0.2, 0.25) is 0 Å². The summed E-state index contributed by atoms with van der Waals surface area (Å²) in [6.45, 7) is 13.6. The second kappa shape index (κ2) is 13.4. The molecule has 2 aromatic rings. The van der Waals surface area contributed by atoms with E-state index in [9.17, 15) is 4.79 Å². The van der Waals surface area contributed by atoms with Gasteiger partial charge in [-0.15, -0.1) is 0 Å². The van der Waals surface area contributed by atoms with E-state index in [1.54, 1.807) is 12.1 Å². The lowest BCUT2D eigenvalue weighted by Gasteiger charge is -2.20. The molecule has 2 rings (SSSR count). The first kappa shape index (κ1) is 26.1. The van der Waals surface area contributed by atoms with E-state index in [2.05, 4.69) is 6.92 Å². The van der Waals surface area contributed by atoms with Gasteiger partial charge in [-0.3, -0.25) is 4.79 Å². The van der Waals surface area contributed by atoms with Crippen molar-refractivity contribution in [1.29, 1.82) is 0 Å². The third-order valence-corrected chi connectivity index (χ3v) is 4.78. The lowest BCUT2D eigenvalue weighted by Crippen LogP contribution is -2.10. The van der Waals surface area contributed by atoms with Gasteiger partial charge in [0.1, 0.15) is 11.3 Å². The highest BCUT2D eigenvalue weighted by Crippen LogP contribution is 2.45. The van der Waals surface area contributed by atoms with Crippen molar-refractivity contribution in [3.8, 4) is 28.7 Å². The van der Waals surface area contributed by atoms with Crippen molar-refractivity contribution < 1.29 is 28.5 Å². The summed E-state index contributed by atoms with van der Waals surface area (Å²) in [7, 11) is 0. The van der Waals surface area contributed by atoms with Crippen LogP contribution in [-0.2, 0) is 6.42 Å². The van der Waals surface area contributed by atoms with Crippen molar-refractivity contribution in [2.24, 2.45) is 0 Å². The van der Waals surface area contributed by atoms with Gasteiger partial charge in [-0.2, -0.15) is 0 Å². The Bertz CT molecular complexity index is 914. The van der Waals surface area contributed by atoms with Crippen LogP contribution in [0.15, 0.2) is 30.3 Å². The quantitative estimate of drug-likeness (QED) is 0.251. The number of hydrogen-bond donors (Lipinski definition) is 0. The van der Waals surface area contributed by atoms with Crippen molar-refractivity contribution >= 4 is 11.9 Å². The summed E-state index contributed by atoms with van der Waals surface area (Å²) < 4.78 is 29.1. The number of carbonyl (C=O) groups is 1. The van der Waals surface area contributed by atoms with Crippen LogP contribution in [0.4, 0.5) is 0 Å². The summed E-state index contributed by atoms with van der Waals surface area (Å²) in [5.41, 5.74) is 2.29. The molecule has 0 amide bonds. The van der Waals surface area contributed by atoms with E-state index in [1.807, 2.05) is 52.8 Å². The van der Waals surface area contributed by atoms with Gasteiger partial charge in [0.25, 0.3) is 0 Å². The van der Waals surface area contributed by atoms with Gasteiger partial charge in [-0.1, -0.05) is 13.0 Å². The number of allylic oxidation sites excluding steroid dienone is 1. The molecule has 0 aliphatic heterocycles. The number of rotatable bonds is 14. The van der Waals surface area contributed by atoms with Crippen molar-refractivity contribution in [2.45, 2.75) is 48.0 Å². The van der Waals surface area contributed by atoms with Crippen LogP contribution in [0.5, 0.6) is 28.7 Å². The molecule has 0 unspecified atom stereocenters. The maximum absolute atomic E-state index is 13.5. The van der Waals surface area contributed by atoms with E-state index in [-0.39, 0.29) is 11.3 Å². The molecule has 0 fully saturated rings. The lowest BCUT2D eigenvalue weighted by atomic mass is 10.0. The predicted molar refractivity (Wildman–Crippen MR) is 131 cm³/mol. The van der Waals surface area contributed by atoms with E-state index in [0.717, 1.165) is 23.3 Å². The molecule has 0 aromatic heterocycles. The fraction of sp³-hybridized carbons (Fsp3) is 0.444. The number of carbonyl (C=O) groups excluding carboxylic acids is 1. The zero-order chi connectivity index (χ0) is 24.2. The van der Waals surface area contributed by atoms with Gasteiger partial charge < -0.3 is 23.7 Å². The molecule has 33 heavy (non-hydrogen) atoms. The molecule has 6 nitrogen and oxygen atoms in total. The van der Waals surface area contributed by atoms with Gasteiger partial charge in [-0.25, -0.2) is 0 Å². The summed E-state index contributed by atoms with van der Waals surface area (Å²) in [5, 5.41) is 0. The van der Waals surface area contributed by atoms with Crippen molar-refractivity contribution in [3.63, 3.8) is 0 Å². The average molecular weight is 457 g/mol. The third kappa shape index (κ3) is 6.67. The minimum Gasteiger partial charge on any atom is -0.493 e. The predicted octanol–water partition coefficient (Wildman–Crippen LogP) is 6.14. The highest BCUT2D eigenvalue weighted by atomic mass is 16.5. The standard InChI is InChI=1S/C27H36O6/c1-7-19-13-16-22(29-8-2)20(17-19)14-15-21(28)25-26(32-11-5)23(30-9-3)18-24(31-10-4)27(25)33-12-6/h13-18H,7-12H2,1-6H3. The first-order valence-corrected chi connectivity index (χ1v) is 11.7. The molecule has 0 N–H and O–H groups in total. The van der Waals surface area contributed by atoms with Gasteiger partial charge >= 0.3 is 0 Å². The first-order valence-electron chi connectivity index (χ1n) is 11.7. The Balaban J connectivity index is 2.64. The van der Waals surface area contributed by atoms with Crippen LogP contribution in [0.3, 0.4) is 0 Å². The molecular formula is C27H36O6. The zero-order valence-electron chi connectivity index (χ0n) is 20.7. The van der Waals surface area contributed by atoms with Crippen molar-refractivity contribution in [1.82, 2.24) is 0 Å². The number of hydrogen-bond acceptors (Lipinski definition) is 6. The molecule has 0 bridgehead atoms. The van der Waals surface area contributed by atoms with Crippen LogP contribution in [0.1, 0.15) is 63.0 Å². The molecule has 0 heterocycles. The molecule has 0 saturated carbocycles. The number of ketones is 1. The normalized spacial score (nSPS) is 10.8. The molecule has 180 valence electrons. The summed E-state index contributed by atoms with van der Waals surface area (Å²) in [5.74, 6) is 2.07. The van der Waals surface area contributed by atoms with E-state index in [1.165, 1.54) is 6.08 Å². The second-order valence-corrected chi connectivity index (χ2v) is 6.99. The summed E-state index contributed by atoms with van der Waals surface area (Å²) in [6, 6.07) is 7.72. The zero-order valence-corrected chi connectivity index (χ0v) is 20.7. The van der Waals surface area contributed by atoms with Crippen molar-refractivity contribution in [2.75, 3.05) is 33.0 Å². The largest absolute Gasteiger partial charge is 0.493 e. The minimum atomic E-state index is -0.270. The molecule has 0 aliphatic carbocycles. The summed E-state index contributed by atoms with van der Waals surface area (Å²) in [6.07, 6.45) is 4.17.